The van der Waals surface area contributed by atoms with Crippen LogP contribution >= 0.6 is 11.3 Å². The standard InChI is InChI=1S/C9H12N2S/c1(8-3-6-12-7-8)2-9-10-4-5-11-9/h3,6-7H,1-2,4-5H2,(H,10,11). The Morgan fingerprint density at radius 1 is 1.50 bits per heavy atom. The quantitative estimate of drug-likeness (QED) is 0.752. The third-order valence-corrected chi connectivity index (χ3v) is 2.71. The molecule has 1 aromatic heterocycles. The molecule has 0 aliphatic carbocycles. The first-order valence-corrected chi connectivity index (χ1v) is 5.18. The summed E-state index contributed by atoms with van der Waals surface area (Å²) in [6.07, 6.45) is 2.19. The van der Waals surface area contributed by atoms with E-state index in [4.69, 9.17) is 0 Å². The van der Waals surface area contributed by atoms with Crippen LogP contribution in [-0.2, 0) is 6.42 Å². The summed E-state index contributed by atoms with van der Waals surface area (Å²) >= 11 is 1.76. The molecule has 0 saturated heterocycles. The zero-order chi connectivity index (χ0) is 8.23. The van der Waals surface area contributed by atoms with Gasteiger partial charge in [0.25, 0.3) is 0 Å². The van der Waals surface area contributed by atoms with Crippen LogP contribution in [-0.4, -0.2) is 18.9 Å². The van der Waals surface area contributed by atoms with Crippen LogP contribution in [0, 0.1) is 0 Å². The first-order valence-electron chi connectivity index (χ1n) is 4.23. The van der Waals surface area contributed by atoms with Gasteiger partial charge in [0, 0.05) is 13.0 Å². The molecule has 0 radical (unpaired) electrons. The van der Waals surface area contributed by atoms with E-state index in [0.29, 0.717) is 0 Å². The van der Waals surface area contributed by atoms with Gasteiger partial charge in [-0.25, -0.2) is 0 Å². The lowest BCUT2D eigenvalue weighted by Crippen LogP contribution is -2.18. The summed E-state index contributed by atoms with van der Waals surface area (Å²) in [5.41, 5.74) is 1.43. The highest BCUT2D eigenvalue weighted by atomic mass is 32.1. The van der Waals surface area contributed by atoms with Crippen LogP contribution in [0.1, 0.15) is 12.0 Å². The molecule has 1 aliphatic heterocycles. The Morgan fingerprint density at radius 2 is 2.50 bits per heavy atom. The third-order valence-electron chi connectivity index (χ3n) is 1.97. The largest absolute Gasteiger partial charge is 0.372 e. The van der Waals surface area contributed by atoms with Gasteiger partial charge in [0.2, 0.25) is 0 Å². The molecule has 1 aromatic rings. The van der Waals surface area contributed by atoms with E-state index < -0.39 is 0 Å². The van der Waals surface area contributed by atoms with E-state index in [1.54, 1.807) is 11.3 Å². The maximum absolute atomic E-state index is 4.34. The topological polar surface area (TPSA) is 24.4 Å². The van der Waals surface area contributed by atoms with Crippen LogP contribution in [0.4, 0.5) is 0 Å². The Balaban J connectivity index is 1.82. The molecule has 2 heterocycles. The lowest BCUT2D eigenvalue weighted by Gasteiger charge is -1.99. The van der Waals surface area contributed by atoms with Crippen LogP contribution in [0.25, 0.3) is 0 Å². The predicted molar refractivity (Wildman–Crippen MR) is 52.9 cm³/mol. The normalized spacial score (nSPS) is 15.8. The number of rotatable bonds is 3. The van der Waals surface area contributed by atoms with E-state index in [1.807, 2.05) is 0 Å². The molecule has 2 rings (SSSR count). The summed E-state index contributed by atoms with van der Waals surface area (Å²) in [7, 11) is 0. The molecular formula is C9H12N2S. The molecule has 0 aromatic carbocycles. The molecule has 64 valence electrons. The highest BCUT2D eigenvalue weighted by Crippen LogP contribution is 2.08. The van der Waals surface area contributed by atoms with Gasteiger partial charge < -0.3 is 5.32 Å². The molecule has 0 atom stereocenters. The van der Waals surface area contributed by atoms with Crippen molar-refractivity contribution in [1.29, 1.82) is 0 Å². The fourth-order valence-corrected chi connectivity index (χ4v) is 2.02. The van der Waals surface area contributed by atoms with Crippen LogP contribution in [0.3, 0.4) is 0 Å². The van der Waals surface area contributed by atoms with Crippen molar-refractivity contribution in [1.82, 2.24) is 5.32 Å². The average molecular weight is 180 g/mol. The number of aryl methyl sites for hydroxylation is 1. The van der Waals surface area contributed by atoms with E-state index in [2.05, 4.69) is 27.1 Å². The molecule has 2 nitrogen and oxygen atoms in total. The van der Waals surface area contributed by atoms with Crippen LogP contribution in [0.15, 0.2) is 21.8 Å². The molecule has 1 N–H and O–H groups in total. The maximum Gasteiger partial charge on any atom is 0.0967 e. The SMILES string of the molecule is c1cc(CCC2=NCCN2)cs1. The molecule has 0 bridgehead atoms. The van der Waals surface area contributed by atoms with Gasteiger partial charge in [-0.2, -0.15) is 11.3 Å². The molecule has 0 spiro atoms. The Labute approximate surface area is 76.3 Å². The molecule has 12 heavy (non-hydrogen) atoms. The summed E-state index contributed by atoms with van der Waals surface area (Å²) in [4.78, 5) is 4.34. The van der Waals surface area contributed by atoms with Gasteiger partial charge in [-0.15, -0.1) is 0 Å². The van der Waals surface area contributed by atoms with Gasteiger partial charge in [-0.1, -0.05) is 0 Å². The zero-order valence-electron chi connectivity index (χ0n) is 6.92. The van der Waals surface area contributed by atoms with Crippen molar-refractivity contribution in [2.75, 3.05) is 13.1 Å². The van der Waals surface area contributed by atoms with Crippen molar-refractivity contribution >= 4 is 17.2 Å². The van der Waals surface area contributed by atoms with Crippen LogP contribution < -0.4 is 5.32 Å². The number of hydrogen-bond acceptors (Lipinski definition) is 3. The van der Waals surface area contributed by atoms with E-state index in [-0.39, 0.29) is 0 Å². The zero-order valence-corrected chi connectivity index (χ0v) is 7.73. The third kappa shape index (κ3) is 1.85. The monoisotopic (exact) mass is 180 g/mol. The second-order valence-corrected chi connectivity index (χ2v) is 3.67. The van der Waals surface area contributed by atoms with Crippen molar-refractivity contribution in [2.45, 2.75) is 12.8 Å². The van der Waals surface area contributed by atoms with Gasteiger partial charge in [-0.3, -0.25) is 4.99 Å². The molecular weight excluding hydrogens is 168 g/mol. The van der Waals surface area contributed by atoms with Crippen LogP contribution in [0.2, 0.25) is 0 Å². The predicted octanol–water partition coefficient (Wildman–Crippen LogP) is 1.68. The molecule has 3 heteroatoms. The summed E-state index contributed by atoms with van der Waals surface area (Å²) in [5, 5.41) is 7.60. The fourth-order valence-electron chi connectivity index (χ4n) is 1.31. The molecule has 1 aliphatic rings. The number of amidine groups is 1. The number of thiophene rings is 1. The number of nitrogens with one attached hydrogen (secondary N) is 1. The van der Waals surface area contributed by atoms with E-state index in [9.17, 15) is 0 Å². The second kappa shape index (κ2) is 3.72. The Bertz CT molecular complexity index is 264. The number of nitrogens with zero attached hydrogens (tertiary/aromatic N) is 1. The first-order chi connectivity index (χ1) is 5.95. The van der Waals surface area contributed by atoms with Gasteiger partial charge >= 0.3 is 0 Å². The Kier molecular flexibility index (Phi) is 2.42. The van der Waals surface area contributed by atoms with Gasteiger partial charge in [0.05, 0.1) is 12.4 Å². The highest BCUT2D eigenvalue weighted by molar-refractivity contribution is 7.07. The van der Waals surface area contributed by atoms with Gasteiger partial charge in [0.15, 0.2) is 0 Å². The smallest absolute Gasteiger partial charge is 0.0967 e. The minimum atomic E-state index is 0.957. The average Bonchev–Trinajstić information content (AvgIpc) is 2.74. The second-order valence-electron chi connectivity index (χ2n) is 2.89. The van der Waals surface area contributed by atoms with Crippen molar-refractivity contribution < 1.29 is 0 Å². The number of hydrogen-bond donors (Lipinski definition) is 1. The Hall–Kier alpha value is -0.830. The lowest BCUT2D eigenvalue weighted by atomic mass is 10.2. The van der Waals surface area contributed by atoms with Crippen molar-refractivity contribution in [3.05, 3.63) is 22.4 Å². The summed E-state index contributed by atoms with van der Waals surface area (Å²) in [6.45, 7) is 1.98. The van der Waals surface area contributed by atoms with E-state index >= 15 is 0 Å². The van der Waals surface area contributed by atoms with Crippen molar-refractivity contribution in [2.24, 2.45) is 4.99 Å². The highest BCUT2D eigenvalue weighted by Gasteiger charge is 2.04. The molecule has 0 saturated carbocycles. The Morgan fingerprint density at radius 3 is 3.17 bits per heavy atom. The molecule has 0 fully saturated rings. The van der Waals surface area contributed by atoms with Crippen molar-refractivity contribution in [3.8, 4) is 0 Å². The minimum absolute atomic E-state index is 0.957. The van der Waals surface area contributed by atoms with Crippen LogP contribution in [0.5, 0.6) is 0 Å². The summed E-state index contributed by atoms with van der Waals surface area (Å²) in [6, 6.07) is 2.18. The van der Waals surface area contributed by atoms with Crippen molar-refractivity contribution in [3.63, 3.8) is 0 Å². The summed E-state index contributed by atoms with van der Waals surface area (Å²) in [5.74, 6) is 1.18. The number of aliphatic imine (C=N–C) groups is 1. The summed E-state index contributed by atoms with van der Waals surface area (Å²) < 4.78 is 0. The minimum Gasteiger partial charge on any atom is -0.372 e. The molecule has 0 amide bonds. The fraction of sp³-hybridized carbons (Fsp3) is 0.444. The van der Waals surface area contributed by atoms with Gasteiger partial charge in [0.1, 0.15) is 0 Å². The molecule has 0 unspecified atom stereocenters. The van der Waals surface area contributed by atoms with Gasteiger partial charge in [-0.05, 0) is 28.8 Å². The lowest BCUT2D eigenvalue weighted by molar-refractivity contribution is 0.935. The maximum atomic E-state index is 4.34. The van der Waals surface area contributed by atoms with E-state index in [1.165, 1.54) is 11.4 Å². The first kappa shape index (κ1) is 7.80. The van der Waals surface area contributed by atoms with E-state index in [0.717, 1.165) is 25.9 Å².